The standard InChI is InChI=1S/C9H15N3O/c10-9-5-11-12(7-9)6-8-1-3-13-4-2-8/h5,7-8H,1-4,6,10H2. The van der Waals surface area contributed by atoms with Gasteiger partial charge < -0.3 is 10.5 Å². The van der Waals surface area contributed by atoms with E-state index in [0.717, 1.165) is 38.3 Å². The Bertz CT molecular complexity index is 266. The van der Waals surface area contributed by atoms with Gasteiger partial charge in [-0.05, 0) is 18.8 Å². The highest BCUT2D eigenvalue weighted by Gasteiger charge is 2.14. The maximum absolute atomic E-state index is 5.58. The molecular weight excluding hydrogens is 166 g/mol. The Labute approximate surface area is 77.7 Å². The van der Waals surface area contributed by atoms with Crippen molar-refractivity contribution in [1.29, 1.82) is 0 Å². The molecule has 0 bridgehead atoms. The van der Waals surface area contributed by atoms with Crippen LogP contribution >= 0.6 is 0 Å². The van der Waals surface area contributed by atoms with Gasteiger partial charge in [-0.3, -0.25) is 4.68 Å². The number of ether oxygens (including phenoxy) is 1. The quantitative estimate of drug-likeness (QED) is 0.737. The third kappa shape index (κ3) is 2.21. The summed E-state index contributed by atoms with van der Waals surface area (Å²) in [6, 6.07) is 0. The van der Waals surface area contributed by atoms with Gasteiger partial charge >= 0.3 is 0 Å². The fourth-order valence-electron chi connectivity index (χ4n) is 1.67. The molecule has 1 aliphatic heterocycles. The summed E-state index contributed by atoms with van der Waals surface area (Å²) >= 11 is 0. The maximum Gasteiger partial charge on any atom is 0.0719 e. The Hall–Kier alpha value is -1.03. The average Bonchev–Trinajstić information content (AvgIpc) is 2.53. The Kier molecular flexibility index (Phi) is 2.49. The molecule has 0 amide bonds. The van der Waals surface area contributed by atoms with Crippen molar-refractivity contribution in [3.8, 4) is 0 Å². The molecule has 2 rings (SSSR count). The lowest BCUT2D eigenvalue weighted by atomic mass is 10.0. The number of rotatable bonds is 2. The van der Waals surface area contributed by atoms with Gasteiger partial charge in [0.1, 0.15) is 0 Å². The van der Waals surface area contributed by atoms with Crippen molar-refractivity contribution in [2.45, 2.75) is 19.4 Å². The van der Waals surface area contributed by atoms with E-state index in [1.54, 1.807) is 6.20 Å². The van der Waals surface area contributed by atoms with E-state index in [4.69, 9.17) is 10.5 Å². The summed E-state index contributed by atoms with van der Waals surface area (Å²) in [5, 5.41) is 4.16. The van der Waals surface area contributed by atoms with Crippen molar-refractivity contribution in [1.82, 2.24) is 9.78 Å². The first kappa shape index (κ1) is 8.56. The van der Waals surface area contributed by atoms with Crippen LogP contribution in [-0.4, -0.2) is 23.0 Å². The van der Waals surface area contributed by atoms with E-state index < -0.39 is 0 Å². The number of nitrogens with two attached hydrogens (primary N) is 1. The van der Waals surface area contributed by atoms with Crippen molar-refractivity contribution < 1.29 is 4.74 Å². The molecule has 0 atom stereocenters. The number of hydrogen-bond donors (Lipinski definition) is 1. The van der Waals surface area contributed by atoms with Gasteiger partial charge in [-0.15, -0.1) is 0 Å². The summed E-state index contributed by atoms with van der Waals surface area (Å²) in [5.74, 6) is 0.702. The van der Waals surface area contributed by atoms with Crippen LogP contribution in [0.3, 0.4) is 0 Å². The topological polar surface area (TPSA) is 53.1 Å². The second-order valence-electron chi connectivity index (χ2n) is 3.55. The zero-order valence-electron chi connectivity index (χ0n) is 7.65. The van der Waals surface area contributed by atoms with E-state index in [1.807, 2.05) is 10.9 Å². The minimum atomic E-state index is 0.702. The first-order valence-corrected chi connectivity index (χ1v) is 4.70. The van der Waals surface area contributed by atoms with E-state index >= 15 is 0 Å². The molecule has 2 N–H and O–H groups in total. The van der Waals surface area contributed by atoms with Crippen LogP contribution in [0.25, 0.3) is 0 Å². The lowest BCUT2D eigenvalue weighted by Gasteiger charge is -2.21. The highest BCUT2D eigenvalue weighted by atomic mass is 16.5. The molecule has 72 valence electrons. The monoisotopic (exact) mass is 181 g/mol. The fourth-order valence-corrected chi connectivity index (χ4v) is 1.67. The largest absolute Gasteiger partial charge is 0.396 e. The average molecular weight is 181 g/mol. The zero-order chi connectivity index (χ0) is 9.10. The van der Waals surface area contributed by atoms with Gasteiger partial charge in [0, 0.05) is 26.0 Å². The predicted molar refractivity (Wildman–Crippen MR) is 50.2 cm³/mol. The minimum absolute atomic E-state index is 0.702. The molecule has 4 heteroatoms. The molecule has 2 heterocycles. The van der Waals surface area contributed by atoms with Gasteiger partial charge in [-0.1, -0.05) is 0 Å². The summed E-state index contributed by atoms with van der Waals surface area (Å²) in [5.41, 5.74) is 6.32. The second-order valence-corrected chi connectivity index (χ2v) is 3.55. The molecule has 0 radical (unpaired) electrons. The molecule has 1 aliphatic rings. The van der Waals surface area contributed by atoms with E-state index in [0.29, 0.717) is 5.92 Å². The summed E-state index contributed by atoms with van der Waals surface area (Å²) in [6.45, 7) is 2.75. The molecule has 0 aliphatic carbocycles. The van der Waals surface area contributed by atoms with Gasteiger partial charge in [0.15, 0.2) is 0 Å². The van der Waals surface area contributed by atoms with E-state index in [1.165, 1.54) is 0 Å². The summed E-state index contributed by atoms with van der Waals surface area (Å²) in [6.07, 6.45) is 5.86. The van der Waals surface area contributed by atoms with E-state index in [2.05, 4.69) is 5.10 Å². The van der Waals surface area contributed by atoms with Crippen LogP contribution in [0.4, 0.5) is 5.69 Å². The lowest BCUT2D eigenvalue weighted by molar-refractivity contribution is 0.0601. The summed E-state index contributed by atoms with van der Waals surface area (Å²) in [4.78, 5) is 0. The Morgan fingerprint density at radius 2 is 2.31 bits per heavy atom. The third-order valence-electron chi connectivity index (χ3n) is 2.44. The highest BCUT2D eigenvalue weighted by molar-refractivity contribution is 5.30. The highest BCUT2D eigenvalue weighted by Crippen LogP contribution is 2.16. The van der Waals surface area contributed by atoms with Gasteiger partial charge in [0.2, 0.25) is 0 Å². The van der Waals surface area contributed by atoms with Crippen LogP contribution in [0.2, 0.25) is 0 Å². The van der Waals surface area contributed by atoms with Crippen molar-refractivity contribution in [3.63, 3.8) is 0 Å². The Morgan fingerprint density at radius 3 is 2.92 bits per heavy atom. The van der Waals surface area contributed by atoms with Crippen molar-refractivity contribution in [2.75, 3.05) is 18.9 Å². The van der Waals surface area contributed by atoms with Crippen LogP contribution in [0.15, 0.2) is 12.4 Å². The normalized spacial score (nSPS) is 19.1. The number of aromatic nitrogens is 2. The van der Waals surface area contributed by atoms with E-state index in [-0.39, 0.29) is 0 Å². The van der Waals surface area contributed by atoms with Crippen molar-refractivity contribution in [2.24, 2.45) is 5.92 Å². The van der Waals surface area contributed by atoms with Crippen LogP contribution in [-0.2, 0) is 11.3 Å². The molecule has 13 heavy (non-hydrogen) atoms. The van der Waals surface area contributed by atoms with Gasteiger partial charge in [-0.25, -0.2) is 0 Å². The number of anilines is 1. The number of nitrogens with zero attached hydrogens (tertiary/aromatic N) is 2. The zero-order valence-corrected chi connectivity index (χ0v) is 7.65. The molecule has 1 fully saturated rings. The molecule has 0 aromatic carbocycles. The predicted octanol–water partition coefficient (Wildman–Crippen LogP) is 0.892. The van der Waals surface area contributed by atoms with Gasteiger partial charge in [-0.2, -0.15) is 5.10 Å². The smallest absolute Gasteiger partial charge is 0.0719 e. The fraction of sp³-hybridized carbons (Fsp3) is 0.667. The number of hydrogen-bond acceptors (Lipinski definition) is 3. The molecule has 1 aromatic heterocycles. The summed E-state index contributed by atoms with van der Waals surface area (Å²) < 4.78 is 7.21. The maximum atomic E-state index is 5.58. The number of nitrogen functional groups attached to an aromatic ring is 1. The lowest BCUT2D eigenvalue weighted by Crippen LogP contribution is -2.20. The third-order valence-corrected chi connectivity index (χ3v) is 2.44. The second kappa shape index (κ2) is 3.79. The summed E-state index contributed by atoms with van der Waals surface area (Å²) in [7, 11) is 0. The molecule has 1 saturated heterocycles. The SMILES string of the molecule is Nc1cnn(CC2CCOCC2)c1. The molecule has 0 saturated carbocycles. The Balaban J connectivity index is 1.89. The molecule has 0 unspecified atom stereocenters. The van der Waals surface area contributed by atoms with Crippen LogP contribution in [0, 0.1) is 5.92 Å². The first-order chi connectivity index (χ1) is 6.34. The van der Waals surface area contributed by atoms with Gasteiger partial charge in [0.25, 0.3) is 0 Å². The van der Waals surface area contributed by atoms with Crippen molar-refractivity contribution in [3.05, 3.63) is 12.4 Å². The minimum Gasteiger partial charge on any atom is -0.396 e. The van der Waals surface area contributed by atoms with Crippen LogP contribution in [0.1, 0.15) is 12.8 Å². The van der Waals surface area contributed by atoms with Crippen LogP contribution < -0.4 is 5.73 Å². The molecule has 4 nitrogen and oxygen atoms in total. The molecule has 0 spiro atoms. The molecule has 1 aromatic rings. The first-order valence-electron chi connectivity index (χ1n) is 4.70. The molecular formula is C9H15N3O. The van der Waals surface area contributed by atoms with Gasteiger partial charge in [0.05, 0.1) is 11.9 Å². The van der Waals surface area contributed by atoms with Crippen LogP contribution in [0.5, 0.6) is 0 Å². The van der Waals surface area contributed by atoms with E-state index in [9.17, 15) is 0 Å². The van der Waals surface area contributed by atoms with Crippen molar-refractivity contribution >= 4 is 5.69 Å². The Morgan fingerprint density at radius 1 is 1.54 bits per heavy atom.